The molecule has 0 fully saturated rings. The van der Waals surface area contributed by atoms with Crippen LogP contribution >= 0.6 is 15.9 Å². The number of hydrogen-bond acceptors (Lipinski definition) is 3. The van der Waals surface area contributed by atoms with Gasteiger partial charge in [0.1, 0.15) is 10.3 Å². The van der Waals surface area contributed by atoms with Crippen LogP contribution < -0.4 is 5.32 Å². The smallest absolute Gasteiger partial charge is 0.269 e. The van der Waals surface area contributed by atoms with Gasteiger partial charge in [0, 0.05) is 19.8 Å². The Labute approximate surface area is 113 Å². The van der Waals surface area contributed by atoms with Gasteiger partial charge in [0.05, 0.1) is 6.20 Å². The second-order valence-corrected chi connectivity index (χ2v) is 4.69. The van der Waals surface area contributed by atoms with Crippen molar-refractivity contribution in [2.24, 2.45) is 7.05 Å². The van der Waals surface area contributed by atoms with Crippen LogP contribution in [0.25, 0.3) is 0 Å². The van der Waals surface area contributed by atoms with Crippen LogP contribution in [-0.2, 0) is 13.5 Å². The monoisotopic (exact) mass is 308 g/mol. The molecule has 0 spiro atoms. The first kappa shape index (κ1) is 12.8. The molecule has 0 bridgehead atoms. The molecule has 18 heavy (non-hydrogen) atoms. The topological polar surface area (TPSA) is 59.8 Å². The van der Waals surface area contributed by atoms with Crippen molar-refractivity contribution in [3.8, 4) is 0 Å². The van der Waals surface area contributed by atoms with Gasteiger partial charge in [0.25, 0.3) is 5.91 Å². The highest BCUT2D eigenvalue weighted by Crippen LogP contribution is 2.06. The molecule has 94 valence electrons. The molecule has 6 heteroatoms. The molecule has 0 aliphatic heterocycles. The fourth-order valence-corrected chi connectivity index (χ4v) is 1.89. The summed E-state index contributed by atoms with van der Waals surface area (Å²) in [6, 6.07) is 5.25. The summed E-state index contributed by atoms with van der Waals surface area (Å²) in [5.74, 6) is -0.166. The van der Waals surface area contributed by atoms with Crippen molar-refractivity contribution >= 4 is 21.8 Å². The van der Waals surface area contributed by atoms with E-state index >= 15 is 0 Å². The molecule has 0 unspecified atom stereocenters. The van der Waals surface area contributed by atoms with E-state index in [1.165, 1.54) is 0 Å². The van der Waals surface area contributed by atoms with E-state index in [1.807, 2.05) is 13.2 Å². The van der Waals surface area contributed by atoms with E-state index in [9.17, 15) is 4.79 Å². The Bertz CT molecular complexity index is 553. The van der Waals surface area contributed by atoms with E-state index in [0.717, 1.165) is 12.0 Å². The predicted octanol–water partition coefficient (Wildman–Crippen LogP) is 1.55. The Morgan fingerprint density at radius 2 is 2.33 bits per heavy atom. The van der Waals surface area contributed by atoms with Crippen molar-refractivity contribution in [2.45, 2.75) is 6.42 Å². The summed E-state index contributed by atoms with van der Waals surface area (Å²) in [5, 5.41) is 6.89. The lowest BCUT2D eigenvalue weighted by Crippen LogP contribution is -2.26. The molecule has 2 rings (SSSR count). The Balaban J connectivity index is 1.85. The minimum absolute atomic E-state index is 0.166. The number of nitrogens with one attached hydrogen (secondary N) is 1. The Morgan fingerprint density at radius 3 is 3.00 bits per heavy atom. The van der Waals surface area contributed by atoms with Crippen molar-refractivity contribution < 1.29 is 4.79 Å². The number of carbonyl (C=O) groups excluding carboxylic acids is 1. The molecule has 2 aromatic rings. The quantitative estimate of drug-likeness (QED) is 0.872. The Kier molecular flexibility index (Phi) is 4.09. The summed E-state index contributed by atoms with van der Waals surface area (Å²) in [6.45, 7) is 0.568. The molecule has 0 atom stereocenters. The molecule has 0 aliphatic rings. The summed E-state index contributed by atoms with van der Waals surface area (Å²) in [7, 11) is 1.87. The highest BCUT2D eigenvalue weighted by molar-refractivity contribution is 9.10. The van der Waals surface area contributed by atoms with Crippen LogP contribution in [0, 0.1) is 0 Å². The minimum atomic E-state index is -0.166. The molecule has 2 heterocycles. The second kappa shape index (κ2) is 5.77. The lowest BCUT2D eigenvalue weighted by Gasteiger charge is -2.03. The number of carbonyl (C=O) groups is 1. The Hall–Kier alpha value is -1.69. The van der Waals surface area contributed by atoms with Crippen LogP contribution in [0.3, 0.4) is 0 Å². The van der Waals surface area contributed by atoms with Gasteiger partial charge in [-0.25, -0.2) is 4.98 Å². The summed E-state index contributed by atoms with van der Waals surface area (Å²) in [6.07, 6.45) is 4.49. The summed E-state index contributed by atoms with van der Waals surface area (Å²) in [5.41, 5.74) is 1.51. The number of aryl methyl sites for hydroxylation is 1. The van der Waals surface area contributed by atoms with Crippen LogP contribution in [0.2, 0.25) is 0 Å². The van der Waals surface area contributed by atoms with Gasteiger partial charge in [0.15, 0.2) is 0 Å². The van der Waals surface area contributed by atoms with Crippen molar-refractivity contribution in [1.82, 2.24) is 20.1 Å². The van der Waals surface area contributed by atoms with Crippen LogP contribution in [-0.4, -0.2) is 27.2 Å². The molecule has 5 nitrogen and oxygen atoms in total. The summed E-state index contributed by atoms with van der Waals surface area (Å²) in [4.78, 5) is 15.9. The average Bonchev–Trinajstić information content (AvgIpc) is 2.75. The first-order chi connectivity index (χ1) is 8.65. The molecule has 0 radical (unpaired) electrons. The number of pyridine rings is 1. The molecule has 0 aromatic carbocycles. The highest BCUT2D eigenvalue weighted by Gasteiger charge is 2.06. The van der Waals surface area contributed by atoms with E-state index in [2.05, 4.69) is 31.3 Å². The number of hydrogen-bond donors (Lipinski definition) is 1. The highest BCUT2D eigenvalue weighted by atomic mass is 79.9. The average molecular weight is 309 g/mol. The van der Waals surface area contributed by atoms with Gasteiger partial charge < -0.3 is 5.32 Å². The van der Waals surface area contributed by atoms with Crippen LogP contribution in [0.15, 0.2) is 35.2 Å². The van der Waals surface area contributed by atoms with Crippen molar-refractivity contribution in [1.29, 1.82) is 0 Å². The molecule has 0 saturated heterocycles. The van der Waals surface area contributed by atoms with E-state index in [0.29, 0.717) is 16.8 Å². The maximum absolute atomic E-state index is 11.8. The third kappa shape index (κ3) is 3.40. The van der Waals surface area contributed by atoms with Gasteiger partial charge in [-0.2, -0.15) is 5.10 Å². The van der Waals surface area contributed by atoms with Gasteiger partial charge in [0.2, 0.25) is 0 Å². The van der Waals surface area contributed by atoms with Gasteiger partial charge in [-0.1, -0.05) is 6.07 Å². The van der Waals surface area contributed by atoms with E-state index in [-0.39, 0.29) is 5.91 Å². The minimum Gasteiger partial charge on any atom is -0.350 e. The third-order valence-electron chi connectivity index (χ3n) is 2.41. The zero-order valence-electron chi connectivity index (χ0n) is 9.93. The molecule has 0 aliphatic carbocycles. The fourth-order valence-electron chi connectivity index (χ4n) is 1.55. The van der Waals surface area contributed by atoms with Crippen molar-refractivity contribution in [3.05, 3.63) is 46.5 Å². The Morgan fingerprint density at radius 1 is 1.50 bits per heavy atom. The predicted molar refractivity (Wildman–Crippen MR) is 71.2 cm³/mol. The van der Waals surface area contributed by atoms with Crippen LogP contribution in [0.5, 0.6) is 0 Å². The van der Waals surface area contributed by atoms with Gasteiger partial charge in [-0.15, -0.1) is 0 Å². The zero-order valence-corrected chi connectivity index (χ0v) is 11.5. The zero-order chi connectivity index (χ0) is 13.0. The van der Waals surface area contributed by atoms with Gasteiger partial charge in [-0.05, 0) is 40.0 Å². The van der Waals surface area contributed by atoms with Crippen LogP contribution in [0.4, 0.5) is 0 Å². The maximum atomic E-state index is 11.8. The second-order valence-electron chi connectivity index (χ2n) is 3.87. The fraction of sp³-hybridized carbons (Fsp3) is 0.250. The first-order valence-electron chi connectivity index (χ1n) is 5.53. The number of aromatic nitrogens is 3. The van der Waals surface area contributed by atoms with Gasteiger partial charge in [-0.3, -0.25) is 9.48 Å². The molecule has 1 N–H and O–H groups in total. The maximum Gasteiger partial charge on any atom is 0.269 e. The van der Waals surface area contributed by atoms with Crippen molar-refractivity contribution in [2.75, 3.05) is 6.54 Å². The van der Waals surface area contributed by atoms with E-state index < -0.39 is 0 Å². The lowest BCUT2D eigenvalue weighted by molar-refractivity contribution is 0.0949. The lowest BCUT2D eigenvalue weighted by atomic mass is 10.2. The van der Waals surface area contributed by atoms with Crippen LogP contribution in [0.1, 0.15) is 16.1 Å². The van der Waals surface area contributed by atoms with Crippen molar-refractivity contribution in [3.63, 3.8) is 0 Å². The number of rotatable bonds is 4. The van der Waals surface area contributed by atoms with E-state index in [4.69, 9.17) is 0 Å². The molecule has 1 amide bonds. The third-order valence-corrected chi connectivity index (χ3v) is 2.85. The standard InChI is InChI=1S/C12H13BrN4O/c1-17-8-9(7-15-17)5-6-14-12(18)10-3-2-4-11(13)16-10/h2-4,7-8H,5-6H2,1H3,(H,14,18). The number of nitrogens with zero attached hydrogens (tertiary/aromatic N) is 3. The molecule has 0 saturated carbocycles. The summed E-state index contributed by atoms with van der Waals surface area (Å²) < 4.78 is 2.40. The normalized spacial score (nSPS) is 10.3. The first-order valence-corrected chi connectivity index (χ1v) is 6.33. The largest absolute Gasteiger partial charge is 0.350 e. The summed E-state index contributed by atoms with van der Waals surface area (Å²) >= 11 is 3.24. The number of amides is 1. The molecular weight excluding hydrogens is 296 g/mol. The molecule has 2 aromatic heterocycles. The SMILES string of the molecule is Cn1cc(CCNC(=O)c2cccc(Br)n2)cn1. The van der Waals surface area contributed by atoms with Gasteiger partial charge >= 0.3 is 0 Å². The number of halogens is 1. The molecular formula is C12H13BrN4O. The van der Waals surface area contributed by atoms with E-state index in [1.54, 1.807) is 29.1 Å².